The molecule has 3 aromatic carbocycles. The summed E-state index contributed by atoms with van der Waals surface area (Å²) in [4.78, 5) is 26.1. The van der Waals surface area contributed by atoms with Gasteiger partial charge in [0.1, 0.15) is 5.75 Å². The van der Waals surface area contributed by atoms with Crippen molar-refractivity contribution in [3.63, 3.8) is 0 Å². The van der Waals surface area contributed by atoms with Crippen LogP contribution in [0.1, 0.15) is 56.8 Å². The van der Waals surface area contributed by atoms with Gasteiger partial charge in [0.15, 0.2) is 5.78 Å². The van der Waals surface area contributed by atoms with Crippen LogP contribution in [0, 0.1) is 13.8 Å². The summed E-state index contributed by atoms with van der Waals surface area (Å²) in [7, 11) is 1.63. The summed E-state index contributed by atoms with van der Waals surface area (Å²) in [6.07, 6.45) is 2.48. The number of allylic oxidation sites excluding steroid dienone is 1. The van der Waals surface area contributed by atoms with E-state index in [1.54, 1.807) is 37.5 Å². The molecule has 1 heterocycles. The number of ketones is 1. The summed E-state index contributed by atoms with van der Waals surface area (Å²) in [5, 5.41) is 6.44. The van der Waals surface area contributed by atoms with Crippen molar-refractivity contribution in [1.82, 2.24) is 5.32 Å². The zero-order chi connectivity index (χ0) is 24.5. The third-order valence-electron chi connectivity index (χ3n) is 6.10. The van der Waals surface area contributed by atoms with Gasteiger partial charge in [0.2, 0.25) is 0 Å². The number of carbonyl (C=O) groups excluding carboxylic acids is 2. The lowest BCUT2D eigenvalue weighted by Gasteiger charge is -2.35. The highest BCUT2D eigenvalue weighted by Crippen LogP contribution is 2.32. The van der Waals surface area contributed by atoms with E-state index in [2.05, 4.69) is 30.5 Å². The maximum absolute atomic E-state index is 13.2. The summed E-state index contributed by atoms with van der Waals surface area (Å²) in [5.74, 6) is 0.419. The van der Waals surface area contributed by atoms with Crippen molar-refractivity contribution in [3.05, 3.63) is 100 Å². The molecule has 0 aromatic heterocycles. The van der Waals surface area contributed by atoms with Crippen molar-refractivity contribution in [1.29, 1.82) is 0 Å². The molecule has 3 aromatic rings. The number of hydrogen-bond donors (Lipinski definition) is 2. The average Bonchev–Trinajstić information content (AvgIpc) is 2.78. The van der Waals surface area contributed by atoms with Crippen LogP contribution in [0.4, 0.5) is 5.69 Å². The van der Waals surface area contributed by atoms with Crippen molar-refractivity contribution in [2.45, 2.75) is 39.7 Å². The zero-order valence-electron chi connectivity index (χ0n) is 20.3. The Kier molecular flexibility index (Phi) is 6.29. The highest BCUT2D eigenvalue weighted by atomic mass is 16.5. The molecule has 2 N–H and O–H groups in total. The molecule has 0 radical (unpaired) electrons. The Labute approximate surface area is 200 Å². The van der Waals surface area contributed by atoms with Crippen molar-refractivity contribution >= 4 is 23.1 Å². The van der Waals surface area contributed by atoms with Gasteiger partial charge < -0.3 is 15.4 Å². The van der Waals surface area contributed by atoms with E-state index >= 15 is 0 Å². The first kappa shape index (κ1) is 23.3. The lowest BCUT2D eigenvalue weighted by molar-refractivity contribution is 0.102. The van der Waals surface area contributed by atoms with E-state index in [9.17, 15) is 9.59 Å². The highest BCUT2D eigenvalue weighted by Gasteiger charge is 2.28. The lowest BCUT2D eigenvalue weighted by atomic mass is 9.85. The molecule has 34 heavy (non-hydrogen) atoms. The SMILES string of the molecule is COc1ccc2c(c1)C(=CC(=O)c1cccc(NC(=O)c3c(C)cccc3C)c1)NC(C)(C)C2. The first-order valence-electron chi connectivity index (χ1n) is 11.4. The monoisotopic (exact) mass is 454 g/mol. The second-order valence-corrected chi connectivity index (χ2v) is 9.43. The molecule has 0 bridgehead atoms. The van der Waals surface area contributed by atoms with Gasteiger partial charge in [0.05, 0.1) is 7.11 Å². The number of benzene rings is 3. The predicted octanol–water partition coefficient (Wildman–Crippen LogP) is 5.71. The molecule has 0 atom stereocenters. The topological polar surface area (TPSA) is 67.4 Å². The van der Waals surface area contributed by atoms with Crippen LogP contribution in [-0.4, -0.2) is 24.3 Å². The average molecular weight is 455 g/mol. The molecule has 1 aliphatic rings. The number of rotatable bonds is 5. The van der Waals surface area contributed by atoms with Gasteiger partial charge in [-0.2, -0.15) is 0 Å². The van der Waals surface area contributed by atoms with Crippen molar-refractivity contribution in [2.24, 2.45) is 0 Å². The molecule has 1 amide bonds. The zero-order valence-corrected chi connectivity index (χ0v) is 20.3. The minimum atomic E-state index is -0.186. The third-order valence-corrected chi connectivity index (χ3v) is 6.10. The Morgan fingerprint density at radius 1 is 1.00 bits per heavy atom. The first-order chi connectivity index (χ1) is 16.2. The molecule has 0 saturated carbocycles. The van der Waals surface area contributed by atoms with Crippen LogP contribution in [0.25, 0.3) is 5.70 Å². The number of ether oxygens (including phenoxy) is 1. The Morgan fingerprint density at radius 3 is 2.41 bits per heavy atom. The number of carbonyl (C=O) groups is 2. The molecule has 4 rings (SSSR count). The Morgan fingerprint density at radius 2 is 1.71 bits per heavy atom. The van der Waals surface area contributed by atoms with Crippen LogP contribution < -0.4 is 15.4 Å². The smallest absolute Gasteiger partial charge is 0.256 e. The fourth-order valence-corrected chi connectivity index (χ4v) is 4.48. The number of nitrogens with one attached hydrogen (secondary N) is 2. The van der Waals surface area contributed by atoms with E-state index in [1.165, 1.54) is 5.56 Å². The first-order valence-corrected chi connectivity index (χ1v) is 11.4. The van der Waals surface area contributed by atoms with E-state index in [0.29, 0.717) is 16.8 Å². The van der Waals surface area contributed by atoms with Gasteiger partial charge in [-0.25, -0.2) is 0 Å². The number of amides is 1. The second-order valence-electron chi connectivity index (χ2n) is 9.43. The highest BCUT2D eigenvalue weighted by molar-refractivity contribution is 6.10. The Bertz CT molecular complexity index is 1280. The fraction of sp³-hybridized carbons (Fsp3) is 0.241. The van der Waals surface area contributed by atoms with E-state index in [-0.39, 0.29) is 17.2 Å². The summed E-state index contributed by atoms with van der Waals surface area (Å²) in [5.41, 5.74) is 6.27. The molecule has 0 saturated heterocycles. The fourth-order valence-electron chi connectivity index (χ4n) is 4.48. The second kappa shape index (κ2) is 9.18. The third kappa shape index (κ3) is 4.88. The molecule has 174 valence electrons. The van der Waals surface area contributed by atoms with Gasteiger partial charge in [-0.05, 0) is 75.1 Å². The van der Waals surface area contributed by atoms with Crippen molar-refractivity contribution < 1.29 is 14.3 Å². The molecule has 0 fully saturated rings. The largest absolute Gasteiger partial charge is 0.497 e. The van der Waals surface area contributed by atoms with Gasteiger partial charge in [0.25, 0.3) is 5.91 Å². The number of methoxy groups -OCH3 is 1. The number of fused-ring (bicyclic) bond motifs is 1. The molecular weight excluding hydrogens is 424 g/mol. The van der Waals surface area contributed by atoms with Gasteiger partial charge in [-0.3, -0.25) is 9.59 Å². The van der Waals surface area contributed by atoms with Gasteiger partial charge in [-0.1, -0.05) is 36.4 Å². The summed E-state index contributed by atoms with van der Waals surface area (Å²) in [6, 6.07) is 18.8. The number of anilines is 1. The van der Waals surface area contributed by atoms with E-state index in [1.807, 2.05) is 44.2 Å². The molecule has 5 nitrogen and oxygen atoms in total. The molecule has 1 aliphatic heterocycles. The summed E-state index contributed by atoms with van der Waals surface area (Å²) in [6.45, 7) is 8.06. The molecule has 0 spiro atoms. The number of aryl methyl sites for hydroxylation is 2. The van der Waals surface area contributed by atoms with Gasteiger partial charge in [0, 0.05) is 39.7 Å². The summed E-state index contributed by atoms with van der Waals surface area (Å²) < 4.78 is 5.40. The molecule has 0 unspecified atom stereocenters. The van der Waals surface area contributed by atoms with Crippen LogP contribution in [-0.2, 0) is 6.42 Å². The van der Waals surface area contributed by atoms with Crippen LogP contribution in [0.15, 0.2) is 66.7 Å². The Balaban J connectivity index is 1.62. The maximum Gasteiger partial charge on any atom is 0.256 e. The van der Waals surface area contributed by atoms with Gasteiger partial charge >= 0.3 is 0 Å². The van der Waals surface area contributed by atoms with Crippen LogP contribution in [0.2, 0.25) is 0 Å². The van der Waals surface area contributed by atoms with E-state index in [4.69, 9.17) is 4.74 Å². The lowest BCUT2D eigenvalue weighted by Crippen LogP contribution is -2.43. The normalized spacial score (nSPS) is 15.3. The van der Waals surface area contributed by atoms with Crippen molar-refractivity contribution in [2.75, 3.05) is 12.4 Å². The molecular formula is C29H30N2O3. The van der Waals surface area contributed by atoms with Crippen LogP contribution in [0.5, 0.6) is 5.75 Å². The van der Waals surface area contributed by atoms with Crippen LogP contribution in [0.3, 0.4) is 0 Å². The molecule has 5 heteroatoms. The van der Waals surface area contributed by atoms with E-state index in [0.717, 1.165) is 34.6 Å². The minimum Gasteiger partial charge on any atom is -0.497 e. The standard InChI is InChI=1S/C29H30N2O3/c1-18-8-6-9-19(2)27(18)28(33)30-22-11-7-10-20(14-22)26(32)16-25-24-15-23(34-5)13-12-21(24)17-29(3,4)31-25/h6-16,31H,17H2,1-5H3,(H,30,33). The van der Waals surface area contributed by atoms with Crippen LogP contribution >= 0.6 is 0 Å². The molecule has 0 aliphatic carbocycles. The summed E-state index contributed by atoms with van der Waals surface area (Å²) >= 11 is 0. The quantitative estimate of drug-likeness (QED) is 0.383. The predicted molar refractivity (Wildman–Crippen MR) is 137 cm³/mol. The van der Waals surface area contributed by atoms with Gasteiger partial charge in [-0.15, -0.1) is 0 Å². The Hall–Kier alpha value is -3.86. The number of hydrogen-bond acceptors (Lipinski definition) is 4. The van der Waals surface area contributed by atoms with E-state index < -0.39 is 0 Å². The maximum atomic E-state index is 13.2. The minimum absolute atomic E-state index is 0.142. The van der Waals surface area contributed by atoms with Crippen molar-refractivity contribution in [3.8, 4) is 5.75 Å².